The first kappa shape index (κ1) is 16.0. The molecular weight excluding hydrogens is 334 g/mol. The molecule has 0 N–H and O–H groups in total. The number of benzene rings is 1. The predicted octanol–water partition coefficient (Wildman–Crippen LogP) is 4.12. The van der Waals surface area contributed by atoms with E-state index >= 15 is 0 Å². The molecule has 0 atom stereocenters. The summed E-state index contributed by atoms with van der Waals surface area (Å²) in [6.45, 7) is 0. The molecule has 0 spiro atoms. The number of aromatic nitrogens is 1. The number of pyridine rings is 1. The molecule has 0 amide bonds. The van der Waals surface area contributed by atoms with Crippen molar-refractivity contribution in [2.24, 2.45) is 0 Å². The molecule has 0 aliphatic heterocycles. The first-order chi connectivity index (χ1) is 12.7. The number of fused-ring (bicyclic) bond motifs is 2. The normalized spacial score (nSPS) is 11.5. The zero-order valence-corrected chi connectivity index (χ0v) is 14.2. The second-order valence-electron chi connectivity index (χ2n) is 5.57. The predicted molar refractivity (Wildman–Crippen MR) is 98.5 cm³/mol. The van der Waals surface area contributed by atoms with Gasteiger partial charge in [-0.3, -0.25) is 9.78 Å². The Balaban J connectivity index is 1.98. The van der Waals surface area contributed by atoms with Crippen LogP contribution in [-0.2, 0) is 0 Å². The number of hydrogen-bond donors (Lipinski definition) is 0. The van der Waals surface area contributed by atoms with E-state index in [2.05, 4.69) is 4.98 Å². The van der Waals surface area contributed by atoms with Crippen LogP contribution >= 0.6 is 0 Å². The van der Waals surface area contributed by atoms with Gasteiger partial charge in [-0.05, 0) is 29.8 Å². The minimum absolute atomic E-state index is 0.227. The standard InChI is InChI=1S/C20H15NO5/c1-23-17-14-7-9-25-18(14)20(24-2)19-16(17)15(22)10-13(26-19)6-5-12-4-3-8-21-11-12/h3-11H,1-2H3/b6-5-. The van der Waals surface area contributed by atoms with Crippen molar-refractivity contribution in [3.63, 3.8) is 0 Å². The Kier molecular flexibility index (Phi) is 3.93. The van der Waals surface area contributed by atoms with Crippen molar-refractivity contribution in [3.8, 4) is 11.5 Å². The van der Waals surface area contributed by atoms with Crippen LogP contribution in [0.5, 0.6) is 11.5 Å². The van der Waals surface area contributed by atoms with Crippen molar-refractivity contribution in [1.29, 1.82) is 0 Å². The molecule has 0 radical (unpaired) electrons. The van der Waals surface area contributed by atoms with Crippen LogP contribution in [0, 0.1) is 0 Å². The number of ether oxygens (including phenoxy) is 2. The van der Waals surface area contributed by atoms with Crippen LogP contribution in [-0.4, -0.2) is 19.2 Å². The Labute approximate surface area is 148 Å². The fourth-order valence-electron chi connectivity index (χ4n) is 2.92. The molecule has 6 nitrogen and oxygen atoms in total. The van der Waals surface area contributed by atoms with Crippen molar-refractivity contribution < 1.29 is 18.3 Å². The summed E-state index contributed by atoms with van der Waals surface area (Å²) in [7, 11) is 3.00. The van der Waals surface area contributed by atoms with Crippen molar-refractivity contribution in [3.05, 3.63) is 64.5 Å². The SMILES string of the molecule is COc1c2occc2c(OC)c2c(=O)cc(/C=C\c3cccnc3)oc12. The molecule has 3 aromatic heterocycles. The van der Waals surface area contributed by atoms with Gasteiger partial charge in [0.05, 0.1) is 25.9 Å². The maximum absolute atomic E-state index is 12.8. The highest BCUT2D eigenvalue weighted by molar-refractivity contribution is 6.06. The first-order valence-electron chi connectivity index (χ1n) is 7.90. The van der Waals surface area contributed by atoms with Gasteiger partial charge in [-0.25, -0.2) is 0 Å². The number of hydrogen-bond acceptors (Lipinski definition) is 6. The lowest BCUT2D eigenvalue weighted by molar-refractivity contribution is 0.400. The third-order valence-corrected chi connectivity index (χ3v) is 4.05. The smallest absolute Gasteiger partial charge is 0.206 e. The number of nitrogens with zero attached hydrogens (tertiary/aromatic N) is 1. The van der Waals surface area contributed by atoms with Crippen molar-refractivity contribution in [1.82, 2.24) is 4.98 Å². The van der Waals surface area contributed by atoms with E-state index in [4.69, 9.17) is 18.3 Å². The van der Waals surface area contributed by atoms with E-state index in [0.29, 0.717) is 33.6 Å². The third kappa shape index (κ3) is 2.52. The Morgan fingerprint density at radius 3 is 2.65 bits per heavy atom. The number of methoxy groups -OCH3 is 2. The monoisotopic (exact) mass is 349 g/mol. The van der Waals surface area contributed by atoms with Crippen LogP contribution in [0.25, 0.3) is 34.1 Å². The fraction of sp³-hybridized carbons (Fsp3) is 0.100. The van der Waals surface area contributed by atoms with Gasteiger partial charge in [-0.15, -0.1) is 0 Å². The minimum atomic E-state index is -0.227. The summed E-state index contributed by atoms with van der Waals surface area (Å²) in [6.07, 6.45) is 8.44. The average molecular weight is 349 g/mol. The highest BCUT2D eigenvalue weighted by Gasteiger charge is 2.22. The molecule has 0 unspecified atom stereocenters. The quantitative estimate of drug-likeness (QED) is 0.552. The zero-order chi connectivity index (χ0) is 18.1. The zero-order valence-electron chi connectivity index (χ0n) is 14.2. The molecular formula is C20H15NO5. The van der Waals surface area contributed by atoms with Crippen molar-refractivity contribution in [2.45, 2.75) is 0 Å². The molecule has 6 heteroatoms. The second-order valence-corrected chi connectivity index (χ2v) is 5.57. The second kappa shape index (κ2) is 6.40. The highest BCUT2D eigenvalue weighted by Crippen LogP contribution is 2.42. The van der Waals surface area contributed by atoms with E-state index in [1.54, 1.807) is 24.5 Å². The summed E-state index contributed by atoms with van der Waals surface area (Å²) in [5.74, 6) is 1.15. The first-order valence-corrected chi connectivity index (χ1v) is 7.90. The van der Waals surface area contributed by atoms with Crippen LogP contribution in [0.1, 0.15) is 11.3 Å². The van der Waals surface area contributed by atoms with Gasteiger partial charge >= 0.3 is 0 Å². The molecule has 3 heterocycles. The van der Waals surface area contributed by atoms with Gasteiger partial charge in [-0.1, -0.05) is 6.07 Å². The molecule has 4 rings (SSSR count). The largest absolute Gasteiger partial charge is 0.495 e. The van der Waals surface area contributed by atoms with Crippen LogP contribution in [0.4, 0.5) is 0 Å². The Bertz CT molecular complexity index is 1170. The van der Waals surface area contributed by atoms with E-state index in [1.165, 1.54) is 26.5 Å². The molecule has 0 aliphatic rings. The van der Waals surface area contributed by atoms with Gasteiger partial charge in [0.2, 0.25) is 5.75 Å². The van der Waals surface area contributed by atoms with E-state index in [1.807, 2.05) is 18.2 Å². The van der Waals surface area contributed by atoms with Gasteiger partial charge in [0.1, 0.15) is 16.9 Å². The fourth-order valence-corrected chi connectivity index (χ4v) is 2.92. The Morgan fingerprint density at radius 1 is 1.08 bits per heavy atom. The van der Waals surface area contributed by atoms with Gasteiger partial charge in [0.15, 0.2) is 16.6 Å². The summed E-state index contributed by atoms with van der Waals surface area (Å²) in [5.41, 5.74) is 1.41. The topological polar surface area (TPSA) is 74.7 Å². The molecule has 0 fully saturated rings. The lowest BCUT2D eigenvalue weighted by atomic mass is 10.1. The summed E-state index contributed by atoms with van der Waals surface area (Å²) in [6, 6.07) is 6.88. The summed E-state index contributed by atoms with van der Waals surface area (Å²) < 4.78 is 22.3. The van der Waals surface area contributed by atoms with E-state index in [-0.39, 0.29) is 11.0 Å². The lowest BCUT2D eigenvalue weighted by Crippen LogP contribution is -2.04. The van der Waals surface area contributed by atoms with Gasteiger partial charge < -0.3 is 18.3 Å². The molecule has 0 saturated carbocycles. The minimum Gasteiger partial charge on any atom is -0.495 e. The molecule has 4 aromatic rings. The average Bonchev–Trinajstić information content (AvgIpc) is 3.14. The van der Waals surface area contributed by atoms with Crippen LogP contribution in [0.15, 0.2) is 56.6 Å². The van der Waals surface area contributed by atoms with Crippen molar-refractivity contribution >= 4 is 34.1 Å². The van der Waals surface area contributed by atoms with Gasteiger partial charge in [0, 0.05) is 18.5 Å². The molecule has 130 valence electrons. The number of rotatable bonds is 4. The summed E-state index contributed by atoms with van der Waals surface area (Å²) >= 11 is 0. The Hall–Kier alpha value is -3.54. The molecule has 1 aromatic carbocycles. The molecule has 0 bridgehead atoms. The number of furan rings is 1. The van der Waals surface area contributed by atoms with Crippen LogP contribution < -0.4 is 14.9 Å². The van der Waals surface area contributed by atoms with Crippen LogP contribution in [0.3, 0.4) is 0 Å². The lowest BCUT2D eigenvalue weighted by Gasteiger charge is -2.10. The van der Waals surface area contributed by atoms with E-state index in [0.717, 1.165) is 5.56 Å². The summed E-state index contributed by atoms with van der Waals surface area (Å²) in [5, 5.41) is 0.972. The molecule has 26 heavy (non-hydrogen) atoms. The van der Waals surface area contributed by atoms with Crippen molar-refractivity contribution in [2.75, 3.05) is 14.2 Å². The maximum Gasteiger partial charge on any atom is 0.206 e. The molecule has 0 aliphatic carbocycles. The van der Waals surface area contributed by atoms with Gasteiger partial charge in [0.25, 0.3) is 0 Å². The van der Waals surface area contributed by atoms with E-state index in [9.17, 15) is 4.79 Å². The third-order valence-electron chi connectivity index (χ3n) is 4.05. The van der Waals surface area contributed by atoms with Crippen LogP contribution in [0.2, 0.25) is 0 Å². The van der Waals surface area contributed by atoms with E-state index < -0.39 is 0 Å². The summed E-state index contributed by atoms with van der Waals surface area (Å²) in [4.78, 5) is 16.8. The maximum atomic E-state index is 12.8. The highest BCUT2D eigenvalue weighted by atomic mass is 16.5. The Morgan fingerprint density at radius 2 is 1.92 bits per heavy atom. The molecule has 0 saturated heterocycles. The van der Waals surface area contributed by atoms with Gasteiger partial charge in [-0.2, -0.15) is 0 Å².